The summed E-state index contributed by atoms with van der Waals surface area (Å²) in [7, 11) is 0. The monoisotopic (exact) mass is 1080 g/mol. The number of hydrogen-bond acceptors (Lipinski definition) is 13. The van der Waals surface area contributed by atoms with E-state index in [9.17, 15) is 37.9 Å². The molecule has 0 radical (unpaired) electrons. The number of carbonyl (C=O) groups excluding carboxylic acids is 3. The number of rotatable bonds is 16. The highest BCUT2D eigenvalue weighted by Gasteiger charge is 2.51. The maximum atomic E-state index is 14.3. The molecular weight excluding hydrogens is 1020 g/mol. The SMILES string of the molecule is C=C(N[C@@H](C)c1ccc(-c2scnc2C)cc1)[C@@H]1C[C@@H](O)CN1C(=O)[C@@H](NC(=O)COc1ccc(O[C@H]2CC[C@H](Oc3ccc(N4C(=S)N(c5ccc(C#N)c(C(F)(F)F)c5)C(=O)C4(C)C)cc3)CC2)nc1)C(C)(C)C. The van der Waals surface area contributed by atoms with Gasteiger partial charge in [-0.25, -0.2) is 9.97 Å². The molecule has 400 valence electrons. The van der Waals surface area contributed by atoms with Crippen LogP contribution in [0.15, 0.2) is 103 Å². The van der Waals surface area contributed by atoms with Gasteiger partial charge >= 0.3 is 6.18 Å². The molecular formula is C56H61F3N8O7S2. The first-order chi connectivity index (χ1) is 35.9. The second kappa shape index (κ2) is 22.3. The number of nitriles is 1. The van der Waals surface area contributed by atoms with E-state index >= 15 is 0 Å². The lowest BCUT2D eigenvalue weighted by Crippen LogP contribution is -2.57. The fraction of sp³-hybridized carbons (Fsp3) is 0.411. The van der Waals surface area contributed by atoms with Crippen LogP contribution in [-0.4, -0.2) is 91.9 Å². The molecule has 1 saturated carbocycles. The average molecular weight is 1080 g/mol. The highest BCUT2D eigenvalue weighted by Crippen LogP contribution is 2.41. The molecule has 0 bridgehead atoms. The molecule has 3 aromatic carbocycles. The Morgan fingerprint density at radius 3 is 2.18 bits per heavy atom. The zero-order chi connectivity index (χ0) is 54.9. The van der Waals surface area contributed by atoms with Gasteiger partial charge in [-0.15, -0.1) is 11.3 Å². The number of thiazole rings is 1. The van der Waals surface area contributed by atoms with E-state index < -0.39 is 58.3 Å². The van der Waals surface area contributed by atoms with Crippen LogP contribution in [0.2, 0.25) is 0 Å². The molecule has 3 N–H and O–H groups in total. The number of β-amino-alcohol motifs (C(OH)–C–C–N with tert-alkyl or cyclic N) is 1. The smallest absolute Gasteiger partial charge is 0.417 e. The Kier molecular flexibility index (Phi) is 16.1. The molecule has 5 aromatic rings. The standard InChI is InChI=1S/C56H61F3N8O7S2/c1-32(35-9-11-36(12-10-35)49-34(3)62-31-76-49)63-33(2)46-26-40(68)29-65(46)51(70)50(54(4,5)6)64-47(69)30-72-44-23-24-48(61-28-44)74-43-21-19-42(20-22-43)73-41-17-15-38(16-18-41)67-53(75)66(52(71)55(67,7)8)39-14-13-37(27-60)45(25-39)56(57,58)59/h9-18,23-25,28,31-32,40,42-43,46,50,63,68H,2,19-22,26,29-30H2,1,3-8H3,(H,64,69)/t32-,40+,42-,43-,46-,50+/m0/s1. The summed E-state index contributed by atoms with van der Waals surface area (Å²) in [5.41, 5.74) is 2.36. The normalized spacial score (nSPS) is 20.4. The number of aryl methyl sites for hydroxylation is 1. The lowest BCUT2D eigenvalue weighted by Gasteiger charge is -2.36. The van der Waals surface area contributed by atoms with Gasteiger partial charge in [-0.2, -0.15) is 18.4 Å². The van der Waals surface area contributed by atoms with Gasteiger partial charge in [-0.3, -0.25) is 19.3 Å². The number of carbonyl (C=O) groups is 3. The van der Waals surface area contributed by atoms with E-state index in [1.165, 1.54) is 12.3 Å². The fourth-order valence-corrected chi connectivity index (χ4v) is 11.1. The summed E-state index contributed by atoms with van der Waals surface area (Å²) in [6.07, 6.45) is -1.22. The third-order valence-corrected chi connectivity index (χ3v) is 15.3. The number of halogens is 3. The number of ether oxygens (including phenoxy) is 3. The van der Waals surface area contributed by atoms with Crippen molar-refractivity contribution in [2.24, 2.45) is 5.41 Å². The predicted octanol–water partition coefficient (Wildman–Crippen LogP) is 9.83. The van der Waals surface area contributed by atoms with Crippen molar-refractivity contribution in [1.82, 2.24) is 25.5 Å². The summed E-state index contributed by atoms with van der Waals surface area (Å²) >= 11 is 7.27. The number of aliphatic hydroxyl groups excluding tert-OH is 1. The Morgan fingerprint density at radius 2 is 1.59 bits per heavy atom. The zero-order valence-corrected chi connectivity index (χ0v) is 44.9. The molecule has 15 nitrogen and oxygen atoms in total. The number of anilines is 2. The first-order valence-electron chi connectivity index (χ1n) is 25.0. The average Bonchev–Trinajstić information content (AvgIpc) is 4.08. The summed E-state index contributed by atoms with van der Waals surface area (Å²) < 4.78 is 59.7. The van der Waals surface area contributed by atoms with Crippen LogP contribution in [0.5, 0.6) is 17.4 Å². The number of likely N-dealkylation sites (tertiary alicyclic amines) is 1. The van der Waals surface area contributed by atoms with E-state index in [0.717, 1.165) is 38.7 Å². The molecule has 8 rings (SSSR count). The van der Waals surface area contributed by atoms with Crippen molar-refractivity contribution in [3.63, 3.8) is 0 Å². The van der Waals surface area contributed by atoms with Crippen molar-refractivity contribution in [2.75, 3.05) is 23.0 Å². The van der Waals surface area contributed by atoms with Gasteiger partial charge in [0.25, 0.3) is 11.8 Å². The van der Waals surface area contributed by atoms with E-state index in [2.05, 4.69) is 51.4 Å². The molecule has 3 aliphatic rings. The summed E-state index contributed by atoms with van der Waals surface area (Å²) in [5, 5.41) is 26.4. The minimum atomic E-state index is -4.81. The predicted molar refractivity (Wildman–Crippen MR) is 287 cm³/mol. The second-order valence-electron chi connectivity index (χ2n) is 20.9. The minimum absolute atomic E-state index is 0.00270. The summed E-state index contributed by atoms with van der Waals surface area (Å²) in [4.78, 5) is 55.4. The van der Waals surface area contributed by atoms with Crippen molar-refractivity contribution in [3.8, 4) is 33.9 Å². The summed E-state index contributed by atoms with van der Waals surface area (Å²) in [6.45, 7) is 16.9. The lowest BCUT2D eigenvalue weighted by molar-refractivity contribution is -0.140. The zero-order valence-electron chi connectivity index (χ0n) is 43.3. The van der Waals surface area contributed by atoms with Crippen molar-refractivity contribution >= 4 is 57.8 Å². The summed E-state index contributed by atoms with van der Waals surface area (Å²) in [6, 6.07) is 21.6. The molecule has 4 heterocycles. The van der Waals surface area contributed by atoms with Gasteiger partial charge < -0.3 is 39.8 Å². The van der Waals surface area contributed by atoms with Crippen LogP contribution >= 0.6 is 23.6 Å². The van der Waals surface area contributed by atoms with Crippen LogP contribution in [0.1, 0.15) is 102 Å². The minimum Gasteiger partial charge on any atom is -0.490 e. The van der Waals surface area contributed by atoms with Gasteiger partial charge in [0.1, 0.15) is 29.2 Å². The highest BCUT2D eigenvalue weighted by molar-refractivity contribution is 7.81. The van der Waals surface area contributed by atoms with Gasteiger partial charge in [0.05, 0.1) is 63.4 Å². The van der Waals surface area contributed by atoms with Gasteiger partial charge in [-0.1, -0.05) is 51.6 Å². The molecule has 1 aliphatic carbocycles. The Labute approximate surface area is 449 Å². The van der Waals surface area contributed by atoms with Gasteiger partial charge in [0.2, 0.25) is 11.8 Å². The van der Waals surface area contributed by atoms with E-state index in [1.807, 2.05) is 40.1 Å². The Hall–Kier alpha value is -7.08. The van der Waals surface area contributed by atoms with Crippen LogP contribution in [0.4, 0.5) is 24.5 Å². The number of aliphatic hydroxyl groups is 1. The van der Waals surface area contributed by atoms with Crippen LogP contribution in [-0.2, 0) is 20.6 Å². The van der Waals surface area contributed by atoms with E-state index in [-0.39, 0.29) is 48.1 Å². The van der Waals surface area contributed by atoms with Crippen molar-refractivity contribution in [3.05, 3.63) is 125 Å². The lowest BCUT2D eigenvalue weighted by atomic mass is 9.85. The fourth-order valence-electron chi connectivity index (χ4n) is 9.80. The van der Waals surface area contributed by atoms with E-state index in [0.29, 0.717) is 60.9 Å². The van der Waals surface area contributed by atoms with Gasteiger partial charge in [0, 0.05) is 36.5 Å². The van der Waals surface area contributed by atoms with E-state index in [4.69, 9.17) is 26.4 Å². The number of aromatic nitrogens is 2. The third-order valence-electron chi connectivity index (χ3n) is 13.9. The second-order valence-corrected chi connectivity index (χ2v) is 22.2. The van der Waals surface area contributed by atoms with Crippen molar-refractivity contribution in [2.45, 2.75) is 129 Å². The number of nitrogens with one attached hydrogen (secondary N) is 2. The number of pyridine rings is 1. The maximum Gasteiger partial charge on any atom is 0.417 e. The largest absolute Gasteiger partial charge is 0.490 e. The number of benzene rings is 3. The molecule has 0 spiro atoms. The molecule has 0 unspecified atom stereocenters. The van der Waals surface area contributed by atoms with Crippen LogP contribution in [0.25, 0.3) is 10.4 Å². The topological polar surface area (TPSA) is 182 Å². The maximum absolute atomic E-state index is 14.3. The van der Waals surface area contributed by atoms with Gasteiger partial charge in [0.15, 0.2) is 11.7 Å². The van der Waals surface area contributed by atoms with Crippen molar-refractivity contribution < 1.29 is 46.9 Å². The molecule has 2 saturated heterocycles. The molecule has 2 aromatic heterocycles. The van der Waals surface area contributed by atoms with Gasteiger partial charge in [-0.05, 0) is 131 Å². The molecule has 4 atom stereocenters. The number of nitrogens with zero attached hydrogens (tertiary/aromatic N) is 6. The third kappa shape index (κ3) is 12.1. The molecule has 2 aliphatic heterocycles. The number of thiocarbonyl (C=S) groups is 1. The Morgan fingerprint density at radius 1 is 0.947 bits per heavy atom. The molecule has 3 fully saturated rings. The summed E-state index contributed by atoms with van der Waals surface area (Å²) in [5.74, 6) is -0.0338. The van der Waals surface area contributed by atoms with Crippen LogP contribution < -0.4 is 34.6 Å². The Bertz CT molecular complexity index is 3000. The number of alkyl halides is 3. The quantitative estimate of drug-likeness (QED) is 0.0795. The van der Waals surface area contributed by atoms with Crippen LogP contribution in [0, 0.1) is 23.7 Å². The highest BCUT2D eigenvalue weighted by atomic mass is 32.1. The number of amides is 3. The Balaban J connectivity index is 0.789. The van der Waals surface area contributed by atoms with E-state index in [1.54, 1.807) is 77.5 Å². The van der Waals surface area contributed by atoms with Crippen LogP contribution in [0.3, 0.4) is 0 Å². The molecule has 20 heteroatoms. The van der Waals surface area contributed by atoms with Crippen molar-refractivity contribution in [1.29, 1.82) is 5.26 Å². The molecule has 3 amide bonds. The molecule has 76 heavy (non-hydrogen) atoms. The number of hydrogen-bond donors (Lipinski definition) is 3. The first kappa shape index (κ1) is 55.2. The first-order valence-corrected chi connectivity index (χ1v) is 26.3.